The summed E-state index contributed by atoms with van der Waals surface area (Å²) in [6.45, 7) is 0.834. The van der Waals surface area contributed by atoms with Gasteiger partial charge in [-0.1, -0.05) is 46.9 Å². The zero-order chi connectivity index (χ0) is 21.1. The number of halogens is 3. The Balaban J connectivity index is 1.61. The third-order valence-electron chi connectivity index (χ3n) is 4.64. The van der Waals surface area contributed by atoms with Gasteiger partial charge in [0.05, 0.1) is 22.5 Å². The number of hydrogen-bond donors (Lipinski definition) is 0. The Hall–Kier alpha value is -2.53. The summed E-state index contributed by atoms with van der Waals surface area (Å²) < 4.78 is 7.44. The van der Waals surface area contributed by atoms with Crippen LogP contribution in [-0.2, 0) is 6.54 Å². The minimum absolute atomic E-state index is 0.0879. The standard InChI is InChI=1S/C23H17Cl3N2O2/c24-16-8-6-15(7-9-16)22-27-20-5-2-1-4-18(20)23(29)28(22)12-3-13-30-21-11-10-17(25)14-19(21)26/h1-2,4-11,14H,3,12-13H2. The molecule has 0 radical (unpaired) electrons. The summed E-state index contributed by atoms with van der Waals surface area (Å²) in [5.74, 6) is 1.16. The lowest BCUT2D eigenvalue weighted by Crippen LogP contribution is -2.24. The summed E-state index contributed by atoms with van der Waals surface area (Å²) in [5.41, 5.74) is 1.40. The van der Waals surface area contributed by atoms with Crippen molar-refractivity contribution in [2.45, 2.75) is 13.0 Å². The van der Waals surface area contributed by atoms with E-state index in [0.717, 1.165) is 5.56 Å². The molecule has 0 amide bonds. The molecular formula is C23H17Cl3N2O2. The van der Waals surface area contributed by atoms with Gasteiger partial charge in [-0.25, -0.2) is 4.98 Å². The lowest BCUT2D eigenvalue weighted by Gasteiger charge is -2.14. The highest BCUT2D eigenvalue weighted by Crippen LogP contribution is 2.27. The number of fused-ring (bicyclic) bond motifs is 1. The van der Waals surface area contributed by atoms with E-state index < -0.39 is 0 Å². The molecule has 152 valence electrons. The van der Waals surface area contributed by atoms with E-state index in [1.165, 1.54) is 0 Å². The van der Waals surface area contributed by atoms with Crippen molar-refractivity contribution in [2.24, 2.45) is 0 Å². The van der Waals surface area contributed by atoms with Gasteiger partial charge in [-0.2, -0.15) is 0 Å². The van der Waals surface area contributed by atoms with Crippen molar-refractivity contribution in [3.63, 3.8) is 0 Å². The fourth-order valence-corrected chi connectivity index (χ4v) is 3.78. The van der Waals surface area contributed by atoms with E-state index in [1.54, 1.807) is 41.0 Å². The summed E-state index contributed by atoms with van der Waals surface area (Å²) in [6, 6.07) is 19.7. The van der Waals surface area contributed by atoms with Gasteiger partial charge >= 0.3 is 0 Å². The second-order valence-electron chi connectivity index (χ2n) is 6.69. The first kappa shape index (κ1) is 20.7. The fraction of sp³-hybridized carbons (Fsp3) is 0.130. The Kier molecular flexibility index (Phi) is 6.28. The quantitative estimate of drug-likeness (QED) is 0.309. The molecule has 1 aromatic heterocycles. The number of para-hydroxylation sites is 1. The lowest BCUT2D eigenvalue weighted by molar-refractivity contribution is 0.301. The van der Waals surface area contributed by atoms with Gasteiger partial charge in [0.1, 0.15) is 11.6 Å². The smallest absolute Gasteiger partial charge is 0.261 e. The Morgan fingerprint density at radius 3 is 2.40 bits per heavy atom. The van der Waals surface area contributed by atoms with Crippen LogP contribution < -0.4 is 10.3 Å². The molecule has 0 atom stereocenters. The normalized spacial score (nSPS) is 11.0. The van der Waals surface area contributed by atoms with Crippen molar-refractivity contribution in [3.8, 4) is 17.1 Å². The van der Waals surface area contributed by atoms with Gasteiger partial charge in [0.2, 0.25) is 0 Å². The van der Waals surface area contributed by atoms with E-state index >= 15 is 0 Å². The van der Waals surface area contributed by atoms with Crippen LogP contribution >= 0.6 is 34.8 Å². The number of ether oxygens (including phenoxy) is 1. The third kappa shape index (κ3) is 4.46. The highest BCUT2D eigenvalue weighted by atomic mass is 35.5. The van der Waals surface area contributed by atoms with Crippen LogP contribution in [0.15, 0.2) is 71.5 Å². The van der Waals surface area contributed by atoms with Gasteiger partial charge in [-0.15, -0.1) is 0 Å². The molecule has 0 spiro atoms. The van der Waals surface area contributed by atoms with Gasteiger partial charge in [-0.05, 0) is 61.0 Å². The average molecular weight is 460 g/mol. The Labute approximate surface area is 188 Å². The average Bonchev–Trinajstić information content (AvgIpc) is 2.74. The summed E-state index contributed by atoms with van der Waals surface area (Å²) in [4.78, 5) is 17.9. The molecule has 4 aromatic rings. The molecule has 0 bridgehead atoms. The van der Waals surface area contributed by atoms with Crippen molar-refractivity contribution in [1.29, 1.82) is 0 Å². The van der Waals surface area contributed by atoms with Crippen LogP contribution in [0, 0.1) is 0 Å². The van der Waals surface area contributed by atoms with Gasteiger partial charge in [-0.3, -0.25) is 9.36 Å². The molecule has 0 saturated carbocycles. The molecule has 0 fully saturated rings. The molecule has 0 aliphatic heterocycles. The molecule has 0 saturated heterocycles. The third-order valence-corrected chi connectivity index (χ3v) is 5.42. The van der Waals surface area contributed by atoms with Crippen molar-refractivity contribution in [2.75, 3.05) is 6.61 Å². The second kappa shape index (κ2) is 9.09. The molecule has 0 aliphatic carbocycles. The molecule has 0 unspecified atom stereocenters. The molecule has 1 heterocycles. The van der Waals surface area contributed by atoms with Crippen molar-refractivity contribution in [3.05, 3.63) is 92.2 Å². The van der Waals surface area contributed by atoms with Gasteiger partial charge in [0.25, 0.3) is 5.56 Å². The number of nitrogens with zero attached hydrogens (tertiary/aromatic N) is 2. The fourth-order valence-electron chi connectivity index (χ4n) is 3.19. The minimum Gasteiger partial charge on any atom is -0.492 e. The summed E-state index contributed by atoms with van der Waals surface area (Å²) in [7, 11) is 0. The Bertz CT molecular complexity index is 1250. The molecule has 0 aliphatic rings. The maximum atomic E-state index is 13.2. The highest BCUT2D eigenvalue weighted by Gasteiger charge is 2.13. The molecule has 7 heteroatoms. The maximum absolute atomic E-state index is 13.2. The minimum atomic E-state index is -0.0879. The van der Waals surface area contributed by atoms with Gasteiger partial charge in [0, 0.05) is 22.2 Å². The van der Waals surface area contributed by atoms with Crippen LogP contribution in [0.25, 0.3) is 22.3 Å². The molecule has 4 rings (SSSR count). The first-order valence-corrected chi connectivity index (χ1v) is 10.5. The predicted molar refractivity (Wildman–Crippen MR) is 123 cm³/mol. The topological polar surface area (TPSA) is 44.1 Å². The number of benzene rings is 3. The number of rotatable bonds is 6. The zero-order valence-corrected chi connectivity index (χ0v) is 18.1. The van der Waals surface area contributed by atoms with Crippen LogP contribution in [0.2, 0.25) is 15.1 Å². The van der Waals surface area contributed by atoms with E-state index in [4.69, 9.17) is 44.5 Å². The van der Waals surface area contributed by atoms with Crippen LogP contribution in [0.4, 0.5) is 0 Å². The van der Waals surface area contributed by atoms with Crippen molar-refractivity contribution in [1.82, 2.24) is 9.55 Å². The molecule has 4 nitrogen and oxygen atoms in total. The van der Waals surface area contributed by atoms with Gasteiger partial charge in [0.15, 0.2) is 0 Å². The number of aromatic nitrogens is 2. The molecular weight excluding hydrogens is 443 g/mol. The van der Waals surface area contributed by atoms with Crippen molar-refractivity contribution < 1.29 is 4.74 Å². The summed E-state index contributed by atoms with van der Waals surface area (Å²) >= 11 is 18.1. The molecule has 30 heavy (non-hydrogen) atoms. The number of hydrogen-bond acceptors (Lipinski definition) is 3. The summed E-state index contributed by atoms with van der Waals surface area (Å²) in [6.07, 6.45) is 0.597. The lowest BCUT2D eigenvalue weighted by atomic mass is 10.1. The Morgan fingerprint density at radius 2 is 1.63 bits per heavy atom. The Morgan fingerprint density at radius 1 is 0.900 bits per heavy atom. The van der Waals surface area contributed by atoms with E-state index in [0.29, 0.717) is 57.1 Å². The van der Waals surface area contributed by atoms with Crippen LogP contribution in [-0.4, -0.2) is 16.2 Å². The van der Waals surface area contributed by atoms with E-state index in [-0.39, 0.29) is 5.56 Å². The van der Waals surface area contributed by atoms with Crippen LogP contribution in [0.1, 0.15) is 6.42 Å². The van der Waals surface area contributed by atoms with E-state index in [2.05, 4.69) is 0 Å². The van der Waals surface area contributed by atoms with E-state index in [9.17, 15) is 4.79 Å². The SMILES string of the molecule is O=c1c2ccccc2nc(-c2ccc(Cl)cc2)n1CCCOc1ccc(Cl)cc1Cl. The van der Waals surface area contributed by atoms with E-state index in [1.807, 2.05) is 30.3 Å². The zero-order valence-electron chi connectivity index (χ0n) is 15.8. The molecule has 3 aromatic carbocycles. The maximum Gasteiger partial charge on any atom is 0.261 e. The largest absolute Gasteiger partial charge is 0.492 e. The first-order valence-electron chi connectivity index (χ1n) is 9.36. The van der Waals surface area contributed by atoms with Crippen LogP contribution in [0.5, 0.6) is 5.75 Å². The summed E-state index contributed by atoms with van der Waals surface area (Å²) in [5, 5.41) is 2.21. The van der Waals surface area contributed by atoms with Crippen LogP contribution in [0.3, 0.4) is 0 Å². The van der Waals surface area contributed by atoms with Crippen molar-refractivity contribution >= 4 is 45.7 Å². The molecule has 0 N–H and O–H groups in total. The monoisotopic (exact) mass is 458 g/mol. The first-order chi connectivity index (χ1) is 14.5. The predicted octanol–water partition coefficient (Wildman–Crippen LogP) is 6.49. The highest BCUT2D eigenvalue weighted by molar-refractivity contribution is 6.35. The van der Waals surface area contributed by atoms with Gasteiger partial charge < -0.3 is 4.74 Å². The second-order valence-corrected chi connectivity index (χ2v) is 7.97.